The molecule has 0 saturated heterocycles. The minimum atomic E-state index is 0.417. The van der Waals surface area contributed by atoms with E-state index in [2.05, 4.69) is 60.0 Å². The second-order valence-electron chi connectivity index (χ2n) is 6.65. The van der Waals surface area contributed by atoms with Gasteiger partial charge in [-0.15, -0.1) is 0 Å². The average Bonchev–Trinajstić information content (AvgIpc) is 2.32. The molecule has 0 aromatic carbocycles. The molecule has 0 aromatic heterocycles. The van der Waals surface area contributed by atoms with Crippen LogP contribution in [0.4, 0.5) is 0 Å². The van der Waals surface area contributed by atoms with Crippen LogP contribution in [0.15, 0.2) is 11.6 Å². The number of hydrogen-bond donors (Lipinski definition) is 1. The molecule has 1 N–H and O–H groups in total. The smallest absolute Gasteiger partial charge is 0.00492 e. The van der Waals surface area contributed by atoms with Gasteiger partial charge in [0.25, 0.3) is 0 Å². The van der Waals surface area contributed by atoms with Gasteiger partial charge in [-0.3, -0.25) is 0 Å². The van der Waals surface area contributed by atoms with Crippen LogP contribution < -0.4 is 5.32 Å². The Morgan fingerprint density at radius 1 is 1.22 bits per heavy atom. The second-order valence-corrected chi connectivity index (χ2v) is 6.65. The van der Waals surface area contributed by atoms with Crippen molar-refractivity contribution in [2.45, 2.75) is 67.2 Å². The molecule has 0 aliphatic carbocycles. The third-order valence-electron chi connectivity index (χ3n) is 4.54. The van der Waals surface area contributed by atoms with Gasteiger partial charge in [-0.2, -0.15) is 0 Å². The van der Waals surface area contributed by atoms with Crippen LogP contribution in [0.5, 0.6) is 0 Å². The molecule has 0 aromatic rings. The summed E-state index contributed by atoms with van der Waals surface area (Å²) < 4.78 is 0. The van der Waals surface area contributed by atoms with E-state index < -0.39 is 0 Å². The summed E-state index contributed by atoms with van der Waals surface area (Å²) in [5, 5.41) is 3.31. The van der Waals surface area contributed by atoms with Gasteiger partial charge in [0, 0.05) is 0 Å². The first kappa shape index (κ1) is 17.7. The van der Waals surface area contributed by atoms with Crippen molar-refractivity contribution in [3.05, 3.63) is 11.6 Å². The lowest BCUT2D eigenvalue weighted by Crippen LogP contribution is -2.28. The fraction of sp³-hybridized carbons (Fsp3) is 0.882. The summed E-state index contributed by atoms with van der Waals surface area (Å²) in [4.78, 5) is 0. The molecule has 0 heterocycles. The lowest BCUT2D eigenvalue weighted by atomic mass is 9.71. The molecule has 2 unspecified atom stereocenters. The lowest BCUT2D eigenvalue weighted by molar-refractivity contribution is 0.160. The Kier molecular flexibility index (Phi) is 8.60. The SMILES string of the molecule is C/C=C(\CC)CCC(CCNC)C(C)C(C)(C)C. The summed E-state index contributed by atoms with van der Waals surface area (Å²) >= 11 is 0. The molecule has 0 saturated carbocycles. The summed E-state index contributed by atoms with van der Waals surface area (Å²) in [5.41, 5.74) is 2.03. The first-order valence-corrected chi connectivity index (χ1v) is 7.65. The van der Waals surface area contributed by atoms with Gasteiger partial charge in [0.05, 0.1) is 0 Å². The Bertz CT molecular complexity index is 234. The normalized spacial score (nSPS) is 16.7. The van der Waals surface area contributed by atoms with Gasteiger partial charge in [0.2, 0.25) is 0 Å². The van der Waals surface area contributed by atoms with Gasteiger partial charge in [0.15, 0.2) is 0 Å². The standard InChI is InChI=1S/C17H35N/c1-8-15(9-2)10-11-16(12-13-18-7)14(3)17(4,5)6/h8,14,16,18H,9-13H2,1-7H3/b15-8+. The van der Waals surface area contributed by atoms with Gasteiger partial charge >= 0.3 is 0 Å². The summed E-state index contributed by atoms with van der Waals surface area (Å²) in [6, 6.07) is 0. The van der Waals surface area contributed by atoms with Gasteiger partial charge < -0.3 is 5.32 Å². The fourth-order valence-corrected chi connectivity index (χ4v) is 2.58. The van der Waals surface area contributed by atoms with E-state index >= 15 is 0 Å². The molecule has 0 radical (unpaired) electrons. The Labute approximate surface area is 115 Å². The number of nitrogens with one attached hydrogen (secondary N) is 1. The molecule has 1 nitrogen and oxygen atoms in total. The highest BCUT2D eigenvalue weighted by molar-refractivity contribution is 4.99. The molecular weight excluding hydrogens is 218 g/mol. The van der Waals surface area contributed by atoms with E-state index in [1.54, 1.807) is 5.57 Å². The number of allylic oxidation sites excluding steroid dienone is 2. The van der Waals surface area contributed by atoms with E-state index in [1.807, 2.05) is 0 Å². The maximum atomic E-state index is 3.31. The van der Waals surface area contributed by atoms with Crippen LogP contribution in [0.1, 0.15) is 67.2 Å². The van der Waals surface area contributed by atoms with E-state index in [0.29, 0.717) is 5.41 Å². The number of hydrogen-bond acceptors (Lipinski definition) is 1. The Morgan fingerprint density at radius 2 is 1.83 bits per heavy atom. The maximum absolute atomic E-state index is 3.31. The predicted octanol–water partition coefficient (Wildman–Crippen LogP) is 5.03. The summed E-state index contributed by atoms with van der Waals surface area (Å²) in [7, 11) is 2.06. The van der Waals surface area contributed by atoms with E-state index in [4.69, 9.17) is 0 Å². The lowest BCUT2D eigenvalue weighted by Gasteiger charge is -2.35. The molecule has 0 fully saturated rings. The van der Waals surface area contributed by atoms with Crippen molar-refractivity contribution in [3.8, 4) is 0 Å². The molecule has 0 bridgehead atoms. The van der Waals surface area contributed by atoms with Crippen LogP contribution in [0.2, 0.25) is 0 Å². The van der Waals surface area contributed by atoms with Crippen molar-refractivity contribution >= 4 is 0 Å². The molecule has 108 valence electrons. The van der Waals surface area contributed by atoms with Crippen LogP contribution in [0.3, 0.4) is 0 Å². The minimum Gasteiger partial charge on any atom is -0.320 e. The van der Waals surface area contributed by atoms with Crippen molar-refractivity contribution in [3.63, 3.8) is 0 Å². The topological polar surface area (TPSA) is 12.0 Å². The molecule has 2 atom stereocenters. The Balaban J connectivity index is 4.49. The van der Waals surface area contributed by atoms with E-state index in [9.17, 15) is 0 Å². The third kappa shape index (κ3) is 6.58. The quantitative estimate of drug-likeness (QED) is 0.598. The largest absolute Gasteiger partial charge is 0.320 e. The van der Waals surface area contributed by atoms with Crippen molar-refractivity contribution in [2.75, 3.05) is 13.6 Å². The van der Waals surface area contributed by atoms with Gasteiger partial charge in [-0.25, -0.2) is 0 Å². The Hall–Kier alpha value is -0.300. The summed E-state index contributed by atoms with van der Waals surface area (Å²) in [6.45, 7) is 15.1. The van der Waals surface area contributed by atoms with Crippen LogP contribution in [-0.4, -0.2) is 13.6 Å². The molecule has 0 aliphatic rings. The average molecular weight is 253 g/mol. The summed E-state index contributed by atoms with van der Waals surface area (Å²) in [5.74, 6) is 1.61. The fourth-order valence-electron chi connectivity index (χ4n) is 2.58. The van der Waals surface area contributed by atoms with Gasteiger partial charge in [-0.05, 0) is 63.5 Å². The molecule has 0 aliphatic heterocycles. The monoisotopic (exact) mass is 253 g/mol. The molecule has 0 rings (SSSR count). The van der Waals surface area contributed by atoms with Crippen LogP contribution in [0, 0.1) is 17.3 Å². The van der Waals surface area contributed by atoms with Gasteiger partial charge in [0.1, 0.15) is 0 Å². The van der Waals surface area contributed by atoms with Crippen molar-refractivity contribution in [1.82, 2.24) is 5.32 Å². The highest BCUT2D eigenvalue weighted by Crippen LogP contribution is 2.36. The highest BCUT2D eigenvalue weighted by Gasteiger charge is 2.27. The van der Waals surface area contributed by atoms with Crippen molar-refractivity contribution in [2.24, 2.45) is 17.3 Å². The summed E-state index contributed by atoms with van der Waals surface area (Å²) in [6.07, 6.45) is 7.43. The third-order valence-corrected chi connectivity index (χ3v) is 4.54. The molecule has 0 amide bonds. The van der Waals surface area contributed by atoms with E-state index in [-0.39, 0.29) is 0 Å². The second kappa shape index (κ2) is 8.74. The zero-order valence-electron chi connectivity index (χ0n) is 13.8. The first-order chi connectivity index (χ1) is 8.36. The zero-order valence-corrected chi connectivity index (χ0v) is 13.8. The van der Waals surface area contributed by atoms with E-state index in [1.165, 1.54) is 25.7 Å². The molecule has 0 spiro atoms. The Morgan fingerprint density at radius 3 is 2.22 bits per heavy atom. The molecule has 18 heavy (non-hydrogen) atoms. The number of rotatable bonds is 8. The van der Waals surface area contributed by atoms with Crippen LogP contribution in [0.25, 0.3) is 0 Å². The highest BCUT2D eigenvalue weighted by atomic mass is 14.8. The molecule has 1 heteroatoms. The van der Waals surface area contributed by atoms with Crippen LogP contribution in [-0.2, 0) is 0 Å². The van der Waals surface area contributed by atoms with Gasteiger partial charge in [-0.1, -0.05) is 46.3 Å². The maximum Gasteiger partial charge on any atom is -0.00492 e. The molecular formula is C17H35N. The predicted molar refractivity (Wildman–Crippen MR) is 83.9 cm³/mol. The van der Waals surface area contributed by atoms with E-state index in [0.717, 1.165) is 18.4 Å². The van der Waals surface area contributed by atoms with Crippen molar-refractivity contribution in [1.29, 1.82) is 0 Å². The first-order valence-electron chi connectivity index (χ1n) is 7.65. The minimum absolute atomic E-state index is 0.417. The zero-order chi connectivity index (χ0) is 14.2. The van der Waals surface area contributed by atoms with Crippen LogP contribution >= 0.6 is 0 Å². The van der Waals surface area contributed by atoms with Crippen molar-refractivity contribution < 1.29 is 0 Å².